The van der Waals surface area contributed by atoms with E-state index in [1.165, 1.54) is 30.5 Å². The Morgan fingerprint density at radius 2 is 2.32 bits per heavy atom. The largest absolute Gasteiger partial charge is 0.380 e. The number of amides is 1. The van der Waals surface area contributed by atoms with Crippen LogP contribution in [0.5, 0.6) is 0 Å². The zero-order chi connectivity index (χ0) is 13.8. The van der Waals surface area contributed by atoms with Crippen LogP contribution in [-0.2, 0) is 6.54 Å². The Labute approximate surface area is 118 Å². The maximum Gasteiger partial charge on any atom is 0.254 e. The van der Waals surface area contributed by atoms with Gasteiger partial charge in [0.15, 0.2) is 4.47 Å². The van der Waals surface area contributed by atoms with Crippen LogP contribution in [0.2, 0.25) is 4.47 Å². The van der Waals surface area contributed by atoms with Crippen molar-refractivity contribution in [2.75, 3.05) is 12.4 Å². The van der Waals surface area contributed by atoms with Crippen molar-refractivity contribution in [1.82, 2.24) is 10.3 Å². The van der Waals surface area contributed by atoms with Gasteiger partial charge in [-0.15, -0.1) is 11.3 Å². The molecule has 0 saturated carbocycles. The van der Waals surface area contributed by atoms with E-state index in [0.717, 1.165) is 4.88 Å². The van der Waals surface area contributed by atoms with Crippen molar-refractivity contribution in [3.8, 4) is 0 Å². The van der Waals surface area contributed by atoms with Crippen LogP contribution in [0.1, 0.15) is 15.2 Å². The van der Waals surface area contributed by atoms with E-state index in [9.17, 15) is 9.18 Å². The fraction of sp³-hybridized carbons (Fsp3) is 0.167. The zero-order valence-corrected chi connectivity index (χ0v) is 11.6. The Morgan fingerprint density at radius 3 is 2.95 bits per heavy atom. The topological polar surface area (TPSA) is 54.0 Å². The molecule has 2 aromatic rings. The number of hydrogen-bond acceptors (Lipinski definition) is 4. The molecule has 1 aromatic carbocycles. The molecule has 1 heterocycles. The van der Waals surface area contributed by atoms with Crippen LogP contribution in [0, 0.1) is 5.82 Å². The van der Waals surface area contributed by atoms with Crippen molar-refractivity contribution in [2.24, 2.45) is 0 Å². The van der Waals surface area contributed by atoms with E-state index in [0.29, 0.717) is 16.7 Å². The van der Waals surface area contributed by atoms with Crippen LogP contribution in [0.3, 0.4) is 0 Å². The summed E-state index contributed by atoms with van der Waals surface area (Å²) in [5.74, 6) is -1.01. The molecule has 2 N–H and O–H groups in total. The third-order valence-electron chi connectivity index (χ3n) is 2.43. The number of hydrogen-bond donors (Lipinski definition) is 2. The lowest BCUT2D eigenvalue weighted by atomic mass is 10.1. The number of nitrogens with one attached hydrogen (secondary N) is 2. The summed E-state index contributed by atoms with van der Waals surface area (Å²) in [6.45, 7) is 0.517. The van der Waals surface area contributed by atoms with Crippen molar-refractivity contribution in [3.63, 3.8) is 0 Å². The van der Waals surface area contributed by atoms with Crippen molar-refractivity contribution < 1.29 is 9.18 Å². The standard InChI is InChI=1S/C12H11ClFN3OS/c1-15-11(18)9-4-7(2-3-10(9)14)16-5-8-6-17-12(13)19-8/h2-4,6,16H,5H2,1H3,(H,15,18). The predicted octanol–water partition coefficient (Wildman–Crippen LogP) is 2.91. The number of rotatable bonds is 4. The highest BCUT2D eigenvalue weighted by Gasteiger charge is 2.10. The summed E-state index contributed by atoms with van der Waals surface area (Å²) >= 11 is 7.09. The molecule has 1 aromatic heterocycles. The summed E-state index contributed by atoms with van der Waals surface area (Å²) in [5.41, 5.74) is 0.666. The van der Waals surface area contributed by atoms with Crippen molar-refractivity contribution in [1.29, 1.82) is 0 Å². The molecule has 100 valence electrons. The maximum absolute atomic E-state index is 13.5. The van der Waals surface area contributed by atoms with E-state index in [4.69, 9.17) is 11.6 Å². The first-order valence-electron chi connectivity index (χ1n) is 5.46. The van der Waals surface area contributed by atoms with Gasteiger partial charge in [0.25, 0.3) is 5.91 Å². The van der Waals surface area contributed by atoms with E-state index in [1.54, 1.807) is 12.3 Å². The summed E-state index contributed by atoms with van der Waals surface area (Å²) in [5, 5.41) is 5.48. The second-order valence-electron chi connectivity index (χ2n) is 3.71. The van der Waals surface area contributed by atoms with Crippen LogP contribution in [0.25, 0.3) is 0 Å². The minimum Gasteiger partial charge on any atom is -0.380 e. The van der Waals surface area contributed by atoms with Crippen LogP contribution in [0.4, 0.5) is 10.1 Å². The molecular weight excluding hydrogens is 289 g/mol. The average molecular weight is 300 g/mol. The molecule has 7 heteroatoms. The van der Waals surface area contributed by atoms with E-state index in [1.807, 2.05) is 0 Å². The lowest BCUT2D eigenvalue weighted by molar-refractivity contribution is 0.0959. The molecule has 0 aliphatic carbocycles. The molecular formula is C12H11ClFN3OS. The van der Waals surface area contributed by atoms with Gasteiger partial charge in [-0.25, -0.2) is 9.37 Å². The molecule has 0 aliphatic heterocycles. The normalized spacial score (nSPS) is 10.3. The summed E-state index contributed by atoms with van der Waals surface area (Å²) in [6, 6.07) is 4.30. The second-order valence-corrected chi connectivity index (χ2v) is 5.40. The van der Waals surface area contributed by atoms with E-state index < -0.39 is 11.7 Å². The lowest BCUT2D eigenvalue weighted by Gasteiger charge is -2.07. The Balaban J connectivity index is 2.10. The number of carbonyl (C=O) groups excluding carboxylic acids is 1. The molecule has 2 rings (SSSR count). The molecule has 0 radical (unpaired) electrons. The zero-order valence-electron chi connectivity index (χ0n) is 10.0. The van der Waals surface area contributed by atoms with Gasteiger partial charge in [-0.1, -0.05) is 11.6 Å². The van der Waals surface area contributed by atoms with Crippen molar-refractivity contribution in [3.05, 3.63) is 45.1 Å². The molecule has 0 spiro atoms. The van der Waals surface area contributed by atoms with Gasteiger partial charge in [0.1, 0.15) is 5.82 Å². The second kappa shape index (κ2) is 5.99. The Morgan fingerprint density at radius 1 is 1.53 bits per heavy atom. The molecule has 19 heavy (non-hydrogen) atoms. The SMILES string of the molecule is CNC(=O)c1cc(NCc2cnc(Cl)s2)ccc1F. The smallest absolute Gasteiger partial charge is 0.254 e. The van der Waals surface area contributed by atoms with Crippen LogP contribution in [0.15, 0.2) is 24.4 Å². The Hall–Kier alpha value is -1.66. The molecule has 0 unspecified atom stereocenters. The van der Waals surface area contributed by atoms with Gasteiger partial charge >= 0.3 is 0 Å². The highest BCUT2D eigenvalue weighted by atomic mass is 35.5. The number of halogens is 2. The summed E-state index contributed by atoms with van der Waals surface area (Å²) < 4.78 is 13.9. The van der Waals surface area contributed by atoms with Gasteiger partial charge in [-0.05, 0) is 18.2 Å². The number of nitrogens with zero attached hydrogens (tertiary/aromatic N) is 1. The molecule has 0 saturated heterocycles. The highest BCUT2D eigenvalue weighted by molar-refractivity contribution is 7.15. The first kappa shape index (κ1) is 13.8. The first-order chi connectivity index (χ1) is 9.10. The number of anilines is 1. The number of carbonyl (C=O) groups is 1. The predicted molar refractivity (Wildman–Crippen MR) is 74.2 cm³/mol. The number of thiazole rings is 1. The van der Waals surface area contributed by atoms with Gasteiger partial charge in [-0.2, -0.15) is 0 Å². The van der Waals surface area contributed by atoms with Crippen LogP contribution < -0.4 is 10.6 Å². The van der Waals surface area contributed by atoms with Gasteiger partial charge in [-0.3, -0.25) is 4.79 Å². The lowest BCUT2D eigenvalue weighted by Crippen LogP contribution is -2.19. The summed E-state index contributed by atoms with van der Waals surface area (Å²) in [4.78, 5) is 16.3. The minimum atomic E-state index is -0.550. The fourth-order valence-electron chi connectivity index (χ4n) is 1.50. The van der Waals surface area contributed by atoms with Gasteiger partial charge in [0.05, 0.1) is 12.1 Å². The first-order valence-corrected chi connectivity index (χ1v) is 6.65. The molecule has 1 amide bonds. The quantitative estimate of drug-likeness (QED) is 0.913. The third kappa shape index (κ3) is 3.42. The molecule has 0 atom stereocenters. The van der Waals surface area contributed by atoms with Crippen molar-refractivity contribution >= 4 is 34.5 Å². The van der Waals surface area contributed by atoms with Crippen LogP contribution in [-0.4, -0.2) is 17.9 Å². The maximum atomic E-state index is 13.5. The van der Waals surface area contributed by atoms with E-state index in [2.05, 4.69) is 15.6 Å². The monoisotopic (exact) mass is 299 g/mol. The van der Waals surface area contributed by atoms with E-state index >= 15 is 0 Å². The Kier molecular flexibility index (Phi) is 4.34. The third-order valence-corrected chi connectivity index (χ3v) is 3.54. The highest BCUT2D eigenvalue weighted by Crippen LogP contribution is 2.20. The molecule has 0 aliphatic rings. The van der Waals surface area contributed by atoms with Crippen LogP contribution >= 0.6 is 22.9 Å². The number of aromatic nitrogens is 1. The Bertz CT molecular complexity index is 602. The van der Waals surface area contributed by atoms with Gasteiger partial charge in [0, 0.05) is 23.8 Å². The summed E-state index contributed by atoms with van der Waals surface area (Å²) in [6.07, 6.45) is 1.67. The minimum absolute atomic E-state index is 0.00911. The van der Waals surface area contributed by atoms with Gasteiger partial charge in [0.2, 0.25) is 0 Å². The molecule has 0 bridgehead atoms. The average Bonchev–Trinajstić information content (AvgIpc) is 2.83. The van der Waals surface area contributed by atoms with Crippen molar-refractivity contribution in [2.45, 2.75) is 6.54 Å². The summed E-state index contributed by atoms with van der Waals surface area (Å²) in [7, 11) is 1.46. The fourth-order valence-corrected chi connectivity index (χ4v) is 2.42. The van der Waals surface area contributed by atoms with E-state index in [-0.39, 0.29) is 5.56 Å². The molecule has 0 fully saturated rings. The molecule has 4 nitrogen and oxygen atoms in total. The van der Waals surface area contributed by atoms with Gasteiger partial charge < -0.3 is 10.6 Å². The number of benzene rings is 1.